The number of nitrogens with zero attached hydrogens (tertiary/aromatic N) is 2. The number of ether oxygens (including phenoxy) is 1. The fourth-order valence-electron chi connectivity index (χ4n) is 2.57. The predicted molar refractivity (Wildman–Crippen MR) is 119 cm³/mol. The average molecular weight is 522 g/mol. The van der Waals surface area contributed by atoms with Crippen molar-refractivity contribution in [2.24, 2.45) is 4.99 Å². The van der Waals surface area contributed by atoms with Crippen molar-refractivity contribution in [3.63, 3.8) is 0 Å². The molecule has 0 aliphatic carbocycles. The number of guanidine groups is 1. The summed E-state index contributed by atoms with van der Waals surface area (Å²) in [5, 5.41) is 6.00. The van der Waals surface area contributed by atoms with Crippen LogP contribution in [0.15, 0.2) is 47.6 Å². The SMILES string of the molecule is CN=C(NCCc1ccccn1)NCc1ccc(OC(C)C)cc1C(F)(F)F.I. The zero-order chi connectivity index (χ0) is 20.6. The lowest BCUT2D eigenvalue weighted by Gasteiger charge is -2.18. The van der Waals surface area contributed by atoms with Gasteiger partial charge in [0.05, 0.1) is 11.7 Å². The van der Waals surface area contributed by atoms with Crippen LogP contribution in [0.2, 0.25) is 0 Å². The van der Waals surface area contributed by atoms with Gasteiger partial charge in [0.1, 0.15) is 5.75 Å². The van der Waals surface area contributed by atoms with Crippen molar-refractivity contribution in [1.29, 1.82) is 0 Å². The molecule has 0 fully saturated rings. The van der Waals surface area contributed by atoms with E-state index in [0.717, 1.165) is 11.8 Å². The van der Waals surface area contributed by atoms with E-state index >= 15 is 0 Å². The molecule has 5 nitrogen and oxygen atoms in total. The van der Waals surface area contributed by atoms with Crippen LogP contribution in [0, 0.1) is 0 Å². The van der Waals surface area contributed by atoms with Gasteiger partial charge >= 0.3 is 6.18 Å². The second-order valence-corrected chi connectivity index (χ2v) is 6.41. The molecule has 0 bridgehead atoms. The smallest absolute Gasteiger partial charge is 0.416 e. The Labute approximate surface area is 186 Å². The highest BCUT2D eigenvalue weighted by Crippen LogP contribution is 2.34. The van der Waals surface area contributed by atoms with Crippen molar-refractivity contribution in [3.05, 3.63) is 59.4 Å². The van der Waals surface area contributed by atoms with Crippen LogP contribution in [-0.2, 0) is 19.1 Å². The first-order valence-corrected chi connectivity index (χ1v) is 9.01. The van der Waals surface area contributed by atoms with E-state index < -0.39 is 11.7 Å². The molecule has 160 valence electrons. The molecule has 0 amide bonds. The molecular weight excluding hydrogens is 496 g/mol. The number of aromatic nitrogens is 1. The quantitative estimate of drug-likeness (QED) is 0.322. The van der Waals surface area contributed by atoms with E-state index in [-0.39, 0.29) is 47.9 Å². The van der Waals surface area contributed by atoms with E-state index in [1.54, 1.807) is 33.2 Å². The first kappa shape index (κ1) is 25.0. The topological polar surface area (TPSA) is 58.5 Å². The number of hydrogen-bond acceptors (Lipinski definition) is 3. The Bertz CT molecular complexity index is 783. The Morgan fingerprint density at radius 3 is 2.52 bits per heavy atom. The number of alkyl halides is 3. The zero-order valence-electron chi connectivity index (χ0n) is 16.6. The summed E-state index contributed by atoms with van der Waals surface area (Å²) in [5.74, 6) is 0.621. The average Bonchev–Trinajstić information content (AvgIpc) is 2.64. The Morgan fingerprint density at radius 2 is 1.93 bits per heavy atom. The van der Waals surface area contributed by atoms with Gasteiger partial charge in [-0.2, -0.15) is 13.2 Å². The summed E-state index contributed by atoms with van der Waals surface area (Å²) < 4.78 is 45.7. The molecule has 0 saturated heterocycles. The molecule has 0 aliphatic rings. The fourth-order valence-corrected chi connectivity index (χ4v) is 2.57. The number of rotatable bonds is 7. The van der Waals surface area contributed by atoms with E-state index in [4.69, 9.17) is 4.74 Å². The Hall–Kier alpha value is -2.04. The van der Waals surface area contributed by atoms with Crippen LogP contribution in [0.4, 0.5) is 13.2 Å². The molecule has 29 heavy (non-hydrogen) atoms. The number of halogens is 4. The van der Waals surface area contributed by atoms with E-state index in [2.05, 4.69) is 20.6 Å². The zero-order valence-corrected chi connectivity index (χ0v) is 18.9. The van der Waals surface area contributed by atoms with Gasteiger partial charge in [0.2, 0.25) is 0 Å². The van der Waals surface area contributed by atoms with E-state index in [1.165, 1.54) is 6.07 Å². The largest absolute Gasteiger partial charge is 0.491 e. The number of hydrogen-bond donors (Lipinski definition) is 2. The summed E-state index contributed by atoms with van der Waals surface area (Å²) in [6.07, 6.45) is -2.28. The highest BCUT2D eigenvalue weighted by molar-refractivity contribution is 14.0. The molecule has 0 atom stereocenters. The van der Waals surface area contributed by atoms with Gasteiger partial charge in [-0.1, -0.05) is 12.1 Å². The van der Waals surface area contributed by atoms with Crippen LogP contribution in [0.1, 0.15) is 30.7 Å². The Kier molecular flexibility index (Phi) is 10.2. The monoisotopic (exact) mass is 522 g/mol. The first-order chi connectivity index (χ1) is 13.3. The van der Waals surface area contributed by atoms with Crippen LogP contribution in [0.5, 0.6) is 5.75 Å². The van der Waals surface area contributed by atoms with Crippen molar-refractivity contribution < 1.29 is 17.9 Å². The summed E-state index contributed by atoms with van der Waals surface area (Å²) in [6, 6.07) is 9.66. The maximum Gasteiger partial charge on any atom is 0.416 e. The van der Waals surface area contributed by atoms with E-state index in [0.29, 0.717) is 18.9 Å². The number of aliphatic imine (C=N–C) groups is 1. The molecule has 2 N–H and O–H groups in total. The minimum absolute atomic E-state index is 0. The van der Waals surface area contributed by atoms with Gasteiger partial charge in [-0.3, -0.25) is 9.98 Å². The molecule has 0 spiro atoms. The minimum Gasteiger partial charge on any atom is -0.491 e. The second kappa shape index (κ2) is 11.8. The van der Waals surface area contributed by atoms with Gasteiger partial charge in [0, 0.05) is 38.4 Å². The molecule has 2 rings (SSSR count). The summed E-state index contributed by atoms with van der Waals surface area (Å²) in [5.41, 5.74) is 0.323. The highest BCUT2D eigenvalue weighted by atomic mass is 127. The third kappa shape index (κ3) is 8.46. The van der Waals surface area contributed by atoms with Crippen LogP contribution >= 0.6 is 24.0 Å². The summed E-state index contributed by atoms with van der Waals surface area (Å²) in [4.78, 5) is 8.28. The molecule has 1 heterocycles. The molecule has 1 aromatic carbocycles. The Morgan fingerprint density at radius 1 is 1.17 bits per heavy atom. The number of nitrogens with one attached hydrogen (secondary N) is 2. The summed E-state index contributed by atoms with van der Waals surface area (Å²) in [6.45, 7) is 4.08. The van der Waals surface area contributed by atoms with Gasteiger partial charge in [0.15, 0.2) is 5.96 Å². The van der Waals surface area contributed by atoms with Crippen LogP contribution in [-0.4, -0.2) is 30.6 Å². The van der Waals surface area contributed by atoms with Crippen molar-refractivity contribution in [3.8, 4) is 5.75 Å². The molecule has 0 unspecified atom stereocenters. The van der Waals surface area contributed by atoms with Crippen LogP contribution in [0.3, 0.4) is 0 Å². The van der Waals surface area contributed by atoms with Crippen molar-refractivity contribution in [2.75, 3.05) is 13.6 Å². The lowest BCUT2D eigenvalue weighted by Crippen LogP contribution is -2.38. The van der Waals surface area contributed by atoms with Gasteiger partial charge in [0.25, 0.3) is 0 Å². The number of pyridine rings is 1. The van der Waals surface area contributed by atoms with Crippen LogP contribution in [0.25, 0.3) is 0 Å². The molecule has 0 aliphatic heterocycles. The Balaban J connectivity index is 0.00000420. The standard InChI is InChI=1S/C20H25F3N4O.HI/c1-14(2)28-17-8-7-15(18(12-17)20(21,22)23)13-27-19(24-3)26-11-9-16-6-4-5-10-25-16;/h4-8,10,12,14H,9,11,13H2,1-3H3,(H2,24,26,27);1H. The number of benzene rings is 1. The maximum absolute atomic E-state index is 13.4. The van der Waals surface area contributed by atoms with Crippen LogP contribution < -0.4 is 15.4 Å². The highest BCUT2D eigenvalue weighted by Gasteiger charge is 2.33. The fraction of sp³-hybridized carbons (Fsp3) is 0.400. The van der Waals surface area contributed by atoms with Crippen molar-refractivity contribution in [1.82, 2.24) is 15.6 Å². The molecule has 0 radical (unpaired) electrons. The van der Waals surface area contributed by atoms with E-state index in [1.807, 2.05) is 18.2 Å². The molecule has 1 aromatic heterocycles. The normalized spacial score (nSPS) is 11.8. The van der Waals surface area contributed by atoms with Gasteiger partial charge in [-0.15, -0.1) is 24.0 Å². The van der Waals surface area contributed by atoms with Gasteiger partial charge in [-0.25, -0.2) is 0 Å². The van der Waals surface area contributed by atoms with Gasteiger partial charge in [-0.05, 0) is 43.7 Å². The molecule has 2 aromatic rings. The van der Waals surface area contributed by atoms with Crippen molar-refractivity contribution in [2.45, 2.75) is 39.1 Å². The third-order valence-electron chi connectivity index (χ3n) is 3.83. The lowest BCUT2D eigenvalue weighted by molar-refractivity contribution is -0.138. The maximum atomic E-state index is 13.4. The summed E-state index contributed by atoms with van der Waals surface area (Å²) in [7, 11) is 1.57. The first-order valence-electron chi connectivity index (χ1n) is 9.01. The predicted octanol–water partition coefficient (Wildman–Crippen LogP) is 4.41. The second-order valence-electron chi connectivity index (χ2n) is 6.41. The van der Waals surface area contributed by atoms with Crippen molar-refractivity contribution >= 4 is 29.9 Å². The summed E-state index contributed by atoms with van der Waals surface area (Å²) >= 11 is 0. The third-order valence-corrected chi connectivity index (χ3v) is 3.83. The molecular formula is C20H26F3IN4O. The lowest BCUT2D eigenvalue weighted by atomic mass is 10.1. The minimum atomic E-state index is -4.47. The van der Waals surface area contributed by atoms with E-state index in [9.17, 15) is 13.2 Å². The molecule has 9 heteroatoms. The van der Waals surface area contributed by atoms with Gasteiger partial charge < -0.3 is 15.4 Å². The molecule has 0 saturated carbocycles.